The van der Waals surface area contributed by atoms with Crippen LogP contribution in [0.15, 0.2) is 12.2 Å². The molecule has 0 saturated heterocycles. The summed E-state index contributed by atoms with van der Waals surface area (Å²) in [5.41, 5.74) is 1.22. The van der Waals surface area contributed by atoms with E-state index in [1.807, 2.05) is 0 Å². The highest BCUT2D eigenvalue weighted by Crippen LogP contribution is 2.36. The van der Waals surface area contributed by atoms with Gasteiger partial charge >= 0.3 is 0 Å². The molecule has 1 nitrogen and oxygen atoms in total. The fourth-order valence-electron chi connectivity index (χ4n) is 0.799. The first-order chi connectivity index (χ1) is 6.62. The summed E-state index contributed by atoms with van der Waals surface area (Å²) in [4.78, 5) is 0. The zero-order chi connectivity index (χ0) is 12.3. The van der Waals surface area contributed by atoms with Gasteiger partial charge in [-0.05, 0) is 24.1 Å². The van der Waals surface area contributed by atoms with Crippen molar-refractivity contribution < 1.29 is 4.43 Å². The van der Waals surface area contributed by atoms with Gasteiger partial charge in [-0.3, -0.25) is 0 Å². The molecule has 0 aliphatic carbocycles. The maximum absolute atomic E-state index is 6.14. The molecule has 0 aromatic heterocycles. The van der Waals surface area contributed by atoms with Crippen LogP contribution in [0, 0.1) is 5.92 Å². The molecule has 0 aromatic rings. The largest absolute Gasteiger partial charge is 0.416 e. The lowest BCUT2D eigenvalue weighted by Gasteiger charge is -2.37. The Morgan fingerprint density at radius 3 is 2.20 bits per heavy atom. The van der Waals surface area contributed by atoms with Gasteiger partial charge < -0.3 is 4.43 Å². The number of rotatable bonds is 5. The predicted molar refractivity (Wildman–Crippen MR) is 75.2 cm³/mol. The zero-order valence-electron chi connectivity index (χ0n) is 11.0. The van der Waals surface area contributed by atoms with Gasteiger partial charge in [0.15, 0.2) is 8.32 Å². The maximum atomic E-state index is 6.14. The average molecular weight is 293 g/mol. The van der Waals surface area contributed by atoms with Gasteiger partial charge in [0, 0.05) is 11.9 Å². The molecule has 3 heteroatoms. The van der Waals surface area contributed by atoms with Crippen LogP contribution in [0.2, 0.25) is 18.1 Å². The van der Waals surface area contributed by atoms with Crippen molar-refractivity contribution in [1.29, 1.82) is 0 Å². The minimum Gasteiger partial charge on any atom is -0.416 e. The first kappa shape index (κ1) is 15.4. The molecule has 90 valence electrons. The molecule has 0 heterocycles. The molecule has 1 unspecified atom stereocenters. The lowest BCUT2D eigenvalue weighted by Crippen LogP contribution is -2.41. The lowest BCUT2D eigenvalue weighted by atomic mass is 10.1. The third-order valence-electron chi connectivity index (χ3n) is 3.37. The van der Waals surface area contributed by atoms with Gasteiger partial charge in [0.2, 0.25) is 0 Å². The van der Waals surface area contributed by atoms with Gasteiger partial charge in [0.25, 0.3) is 0 Å². The molecular weight excluding hydrogens is 268 g/mol. The van der Waals surface area contributed by atoms with Crippen LogP contribution in [0.1, 0.15) is 27.7 Å². The van der Waals surface area contributed by atoms with E-state index in [0.29, 0.717) is 11.0 Å². The minimum absolute atomic E-state index is 0.294. The molecule has 0 aliphatic heterocycles. The van der Waals surface area contributed by atoms with E-state index in [1.54, 1.807) is 0 Å². The van der Waals surface area contributed by atoms with Crippen LogP contribution in [0.25, 0.3) is 0 Å². The summed E-state index contributed by atoms with van der Waals surface area (Å²) in [6.07, 6.45) is 0. The van der Waals surface area contributed by atoms with E-state index in [1.165, 1.54) is 5.57 Å². The Hall–Kier alpha value is 0.397. The number of halogens is 1. The van der Waals surface area contributed by atoms with Crippen LogP contribution in [0.4, 0.5) is 0 Å². The monoisotopic (exact) mass is 292 g/mol. The quantitative estimate of drug-likeness (QED) is 0.409. The average Bonchev–Trinajstić information content (AvgIpc) is 2.11. The highest BCUT2D eigenvalue weighted by Gasteiger charge is 2.37. The summed E-state index contributed by atoms with van der Waals surface area (Å²) < 4.78 is 6.14. The van der Waals surface area contributed by atoms with Gasteiger partial charge in [-0.15, -0.1) is 0 Å². The standard InChI is InChI=1S/C12H25BrOSi/c1-10(8-13)11(2)9-14-15(6,7)12(3,4)5/h11H,1,8-9H2,2-7H3. The van der Waals surface area contributed by atoms with Crippen molar-refractivity contribution in [3.05, 3.63) is 12.2 Å². The minimum atomic E-state index is -1.58. The maximum Gasteiger partial charge on any atom is 0.192 e. The zero-order valence-corrected chi connectivity index (χ0v) is 13.6. The van der Waals surface area contributed by atoms with Crippen molar-refractivity contribution in [1.82, 2.24) is 0 Å². The van der Waals surface area contributed by atoms with Crippen molar-refractivity contribution >= 4 is 24.2 Å². The summed E-state index contributed by atoms with van der Waals surface area (Å²) in [6.45, 7) is 18.4. The molecule has 0 aliphatic rings. The van der Waals surface area contributed by atoms with Crippen LogP contribution in [-0.2, 0) is 4.43 Å². The van der Waals surface area contributed by atoms with Crippen molar-refractivity contribution in [3.63, 3.8) is 0 Å². The third kappa shape index (κ3) is 4.83. The molecule has 15 heavy (non-hydrogen) atoms. The summed E-state index contributed by atoms with van der Waals surface area (Å²) in [7, 11) is -1.58. The normalized spacial score (nSPS) is 15.1. The Labute approximate surface area is 105 Å². The Balaban J connectivity index is 4.22. The Bertz CT molecular complexity index is 218. The van der Waals surface area contributed by atoms with E-state index in [2.05, 4.69) is 63.3 Å². The van der Waals surface area contributed by atoms with E-state index in [9.17, 15) is 0 Å². The van der Waals surface area contributed by atoms with E-state index < -0.39 is 8.32 Å². The van der Waals surface area contributed by atoms with Gasteiger partial charge in [0.1, 0.15) is 0 Å². The molecule has 0 amide bonds. The molecule has 0 rings (SSSR count). The molecule has 0 spiro atoms. The smallest absolute Gasteiger partial charge is 0.192 e. The SMILES string of the molecule is C=C(CBr)C(C)CO[Si](C)(C)C(C)(C)C. The number of hydrogen-bond acceptors (Lipinski definition) is 1. The van der Waals surface area contributed by atoms with Crippen molar-refractivity contribution in [2.24, 2.45) is 5.92 Å². The van der Waals surface area contributed by atoms with Gasteiger partial charge in [-0.25, -0.2) is 0 Å². The van der Waals surface area contributed by atoms with Gasteiger partial charge in [0.05, 0.1) is 0 Å². The van der Waals surface area contributed by atoms with Crippen LogP contribution >= 0.6 is 15.9 Å². The van der Waals surface area contributed by atoms with Crippen LogP contribution in [0.5, 0.6) is 0 Å². The lowest BCUT2D eigenvalue weighted by molar-refractivity contribution is 0.254. The van der Waals surface area contributed by atoms with Crippen LogP contribution in [0.3, 0.4) is 0 Å². The fraction of sp³-hybridized carbons (Fsp3) is 0.833. The highest BCUT2D eigenvalue weighted by atomic mass is 79.9. The van der Waals surface area contributed by atoms with E-state index in [-0.39, 0.29) is 0 Å². The Morgan fingerprint density at radius 1 is 1.40 bits per heavy atom. The molecule has 0 saturated carbocycles. The third-order valence-corrected chi connectivity index (χ3v) is 8.59. The molecule has 0 radical (unpaired) electrons. The second kappa shape index (κ2) is 5.64. The summed E-state index contributed by atoms with van der Waals surface area (Å²) in [6, 6.07) is 0. The second-order valence-electron chi connectivity index (χ2n) is 5.76. The van der Waals surface area contributed by atoms with E-state index in [0.717, 1.165) is 11.9 Å². The number of alkyl halides is 1. The Morgan fingerprint density at radius 2 is 1.87 bits per heavy atom. The molecule has 0 bridgehead atoms. The van der Waals surface area contributed by atoms with Gasteiger partial charge in [-0.2, -0.15) is 0 Å². The van der Waals surface area contributed by atoms with Crippen molar-refractivity contribution in [2.75, 3.05) is 11.9 Å². The topological polar surface area (TPSA) is 9.23 Å². The van der Waals surface area contributed by atoms with Crippen LogP contribution < -0.4 is 0 Å². The molecule has 0 N–H and O–H groups in total. The van der Waals surface area contributed by atoms with Crippen molar-refractivity contribution in [3.8, 4) is 0 Å². The van der Waals surface area contributed by atoms with E-state index in [4.69, 9.17) is 4.43 Å². The predicted octanol–water partition coefficient (Wildman–Crippen LogP) is 4.60. The molecular formula is C12H25BrOSi. The van der Waals surface area contributed by atoms with Gasteiger partial charge in [-0.1, -0.05) is 55.8 Å². The highest BCUT2D eigenvalue weighted by molar-refractivity contribution is 9.09. The van der Waals surface area contributed by atoms with Crippen molar-refractivity contribution in [2.45, 2.75) is 45.8 Å². The molecule has 1 atom stereocenters. The second-order valence-corrected chi connectivity index (χ2v) is 11.1. The summed E-state index contributed by atoms with van der Waals surface area (Å²) in [5.74, 6) is 0.443. The first-order valence-electron chi connectivity index (χ1n) is 5.49. The fourth-order valence-corrected chi connectivity index (χ4v) is 2.45. The first-order valence-corrected chi connectivity index (χ1v) is 9.52. The van der Waals surface area contributed by atoms with E-state index >= 15 is 0 Å². The summed E-state index contributed by atoms with van der Waals surface area (Å²) in [5, 5.41) is 1.16. The number of hydrogen-bond donors (Lipinski definition) is 0. The Kier molecular flexibility index (Phi) is 5.79. The van der Waals surface area contributed by atoms with Crippen LogP contribution in [-0.4, -0.2) is 20.3 Å². The molecule has 0 fully saturated rings. The molecule has 0 aromatic carbocycles. The summed E-state index contributed by atoms with van der Waals surface area (Å²) >= 11 is 3.43.